The lowest BCUT2D eigenvalue weighted by Gasteiger charge is -2.36. The van der Waals surface area contributed by atoms with Gasteiger partial charge in [-0.25, -0.2) is 0 Å². The van der Waals surface area contributed by atoms with Gasteiger partial charge in [0.1, 0.15) is 11.9 Å². The molecule has 2 aromatic carbocycles. The molecule has 1 atom stereocenters. The van der Waals surface area contributed by atoms with E-state index in [0.29, 0.717) is 25.0 Å². The lowest BCUT2D eigenvalue weighted by molar-refractivity contribution is 0.0928. The summed E-state index contributed by atoms with van der Waals surface area (Å²) in [6, 6.07) is 17.4. The van der Waals surface area contributed by atoms with Crippen LogP contribution in [0.1, 0.15) is 34.9 Å². The van der Waals surface area contributed by atoms with Crippen LogP contribution in [0.15, 0.2) is 48.5 Å². The van der Waals surface area contributed by atoms with Crippen LogP contribution in [0.2, 0.25) is 0 Å². The van der Waals surface area contributed by atoms with Crippen molar-refractivity contribution < 1.29 is 9.53 Å². The van der Waals surface area contributed by atoms with Gasteiger partial charge in [-0.1, -0.05) is 24.3 Å². The molecule has 0 aliphatic carbocycles. The molecule has 0 unspecified atom stereocenters. The zero-order valence-corrected chi connectivity index (χ0v) is 13.5. The van der Waals surface area contributed by atoms with Crippen molar-refractivity contribution in [2.45, 2.75) is 19.0 Å². The monoisotopic (exact) mass is 321 g/mol. The van der Waals surface area contributed by atoms with Crippen molar-refractivity contribution in [3.8, 4) is 11.8 Å². The predicted octanol–water partition coefficient (Wildman–Crippen LogP) is 3.25. The predicted molar refractivity (Wildman–Crippen MR) is 91.8 cm³/mol. The number of unbranched alkanes of at least 4 members (excludes halogenated alkanes) is 1. The van der Waals surface area contributed by atoms with Crippen LogP contribution in [0.4, 0.5) is 5.69 Å². The first-order chi connectivity index (χ1) is 11.7. The van der Waals surface area contributed by atoms with Crippen LogP contribution < -0.4 is 15.0 Å². The standard InChI is InChI=1S/C19H19N3O2/c1-22-17-10-3-2-9-16(17)19(23)21-18(22)14-7-6-8-15(13-14)24-12-5-4-11-20/h2-3,6-10,13,18H,4-5,12H2,1H3,(H,21,23)/t18-/m0/s1. The highest BCUT2D eigenvalue weighted by atomic mass is 16.5. The molecule has 3 rings (SSSR count). The molecule has 0 saturated heterocycles. The Labute approximate surface area is 141 Å². The number of rotatable bonds is 5. The number of amides is 1. The number of ether oxygens (including phenoxy) is 1. The molecule has 2 aromatic rings. The van der Waals surface area contributed by atoms with Gasteiger partial charge in [0.2, 0.25) is 0 Å². The molecule has 1 aliphatic rings. The number of benzene rings is 2. The molecule has 0 spiro atoms. The highest BCUT2D eigenvalue weighted by Gasteiger charge is 2.29. The molecule has 1 amide bonds. The van der Waals surface area contributed by atoms with Crippen LogP contribution in [0.5, 0.6) is 5.75 Å². The summed E-state index contributed by atoms with van der Waals surface area (Å²) < 4.78 is 5.69. The number of carbonyl (C=O) groups excluding carboxylic acids is 1. The quantitative estimate of drug-likeness (QED) is 0.859. The summed E-state index contributed by atoms with van der Waals surface area (Å²) in [5, 5.41) is 11.6. The number of hydrogen-bond acceptors (Lipinski definition) is 4. The second-order valence-electron chi connectivity index (χ2n) is 5.69. The SMILES string of the molecule is CN1c2ccccc2C(=O)N[C@@H]1c1cccc(OCCCC#N)c1. The van der Waals surface area contributed by atoms with Crippen molar-refractivity contribution in [2.75, 3.05) is 18.6 Å². The van der Waals surface area contributed by atoms with E-state index in [-0.39, 0.29) is 12.1 Å². The fourth-order valence-corrected chi connectivity index (χ4v) is 2.83. The lowest BCUT2D eigenvalue weighted by atomic mass is 10.0. The molecule has 0 aromatic heterocycles. The van der Waals surface area contributed by atoms with Crippen molar-refractivity contribution in [3.63, 3.8) is 0 Å². The fourth-order valence-electron chi connectivity index (χ4n) is 2.83. The molecule has 1 heterocycles. The van der Waals surface area contributed by atoms with Crippen LogP contribution in [0, 0.1) is 11.3 Å². The molecule has 0 radical (unpaired) electrons. The van der Waals surface area contributed by atoms with E-state index in [2.05, 4.69) is 11.4 Å². The Kier molecular flexibility index (Phi) is 4.66. The highest BCUT2D eigenvalue weighted by Crippen LogP contribution is 2.32. The molecule has 24 heavy (non-hydrogen) atoms. The van der Waals surface area contributed by atoms with Gasteiger partial charge < -0.3 is 15.0 Å². The zero-order chi connectivity index (χ0) is 16.9. The lowest BCUT2D eigenvalue weighted by Crippen LogP contribution is -2.44. The minimum atomic E-state index is -0.241. The van der Waals surface area contributed by atoms with Crippen molar-refractivity contribution in [2.24, 2.45) is 0 Å². The summed E-state index contributed by atoms with van der Waals surface area (Å²) in [6.45, 7) is 0.507. The molecule has 0 bridgehead atoms. The fraction of sp³-hybridized carbons (Fsp3) is 0.263. The van der Waals surface area contributed by atoms with Gasteiger partial charge in [0.05, 0.1) is 23.9 Å². The van der Waals surface area contributed by atoms with Crippen molar-refractivity contribution >= 4 is 11.6 Å². The average molecular weight is 321 g/mol. The number of nitrogens with zero attached hydrogens (tertiary/aromatic N) is 2. The molecule has 1 aliphatic heterocycles. The van der Waals surface area contributed by atoms with Crippen molar-refractivity contribution in [1.29, 1.82) is 5.26 Å². The van der Waals surface area contributed by atoms with Gasteiger partial charge in [0, 0.05) is 13.5 Å². The van der Waals surface area contributed by atoms with Gasteiger partial charge in [-0.2, -0.15) is 5.26 Å². The van der Waals surface area contributed by atoms with E-state index in [1.54, 1.807) is 0 Å². The molecule has 5 nitrogen and oxygen atoms in total. The minimum absolute atomic E-state index is 0.0750. The summed E-state index contributed by atoms with van der Waals surface area (Å²) in [6.07, 6.45) is 0.946. The van der Waals surface area contributed by atoms with E-state index in [1.165, 1.54) is 0 Å². The third kappa shape index (κ3) is 3.18. The third-order valence-electron chi connectivity index (χ3n) is 4.06. The normalized spacial score (nSPS) is 16.1. The van der Waals surface area contributed by atoms with Gasteiger partial charge in [0.25, 0.3) is 5.91 Å². The van der Waals surface area contributed by atoms with Crippen LogP contribution in [-0.2, 0) is 0 Å². The van der Waals surface area contributed by atoms with Gasteiger partial charge >= 0.3 is 0 Å². The van der Waals surface area contributed by atoms with Crippen LogP contribution >= 0.6 is 0 Å². The maximum atomic E-state index is 12.3. The number of para-hydroxylation sites is 1. The first kappa shape index (κ1) is 15.9. The molecule has 5 heteroatoms. The van der Waals surface area contributed by atoms with Crippen molar-refractivity contribution in [1.82, 2.24) is 5.32 Å². The number of nitriles is 1. The smallest absolute Gasteiger partial charge is 0.255 e. The Morgan fingerprint density at radius 2 is 2.08 bits per heavy atom. The molecule has 1 N–H and O–H groups in total. The second kappa shape index (κ2) is 7.05. The van der Waals surface area contributed by atoms with Crippen LogP contribution in [-0.4, -0.2) is 19.6 Å². The van der Waals surface area contributed by atoms with Crippen LogP contribution in [0.3, 0.4) is 0 Å². The number of anilines is 1. The van der Waals surface area contributed by atoms with E-state index < -0.39 is 0 Å². The largest absolute Gasteiger partial charge is 0.494 e. The molecule has 122 valence electrons. The molecular weight excluding hydrogens is 302 g/mol. The molecular formula is C19H19N3O2. The summed E-state index contributed by atoms with van der Waals surface area (Å²) in [7, 11) is 1.96. The Morgan fingerprint density at radius 3 is 2.92 bits per heavy atom. The second-order valence-corrected chi connectivity index (χ2v) is 5.69. The van der Waals surface area contributed by atoms with Gasteiger partial charge in [-0.3, -0.25) is 4.79 Å². The van der Waals surface area contributed by atoms with Crippen molar-refractivity contribution in [3.05, 3.63) is 59.7 Å². The van der Waals surface area contributed by atoms with E-state index in [1.807, 2.05) is 60.5 Å². The van der Waals surface area contributed by atoms with E-state index in [9.17, 15) is 4.79 Å². The van der Waals surface area contributed by atoms with E-state index >= 15 is 0 Å². The highest BCUT2D eigenvalue weighted by molar-refractivity contribution is 6.01. The molecule has 0 fully saturated rings. The van der Waals surface area contributed by atoms with Gasteiger partial charge in [0.15, 0.2) is 0 Å². The number of carbonyl (C=O) groups is 1. The van der Waals surface area contributed by atoms with Gasteiger partial charge in [-0.15, -0.1) is 0 Å². The summed E-state index contributed by atoms with van der Waals surface area (Å²) >= 11 is 0. The summed E-state index contributed by atoms with van der Waals surface area (Å²) in [5.41, 5.74) is 2.55. The van der Waals surface area contributed by atoms with Gasteiger partial charge in [-0.05, 0) is 36.2 Å². The van der Waals surface area contributed by atoms with E-state index in [4.69, 9.17) is 10.00 Å². The zero-order valence-electron chi connectivity index (χ0n) is 13.5. The summed E-state index contributed by atoms with van der Waals surface area (Å²) in [4.78, 5) is 14.4. The number of hydrogen-bond donors (Lipinski definition) is 1. The first-order valence-electron chi connectivity index (χ1n) is 7.93. The third-order valence-corrected chi connectivity index (χ3v) is 4.06. The Bertz CT molecular complexity index is 782. The van der Waals surface area contributed by atoms with Crippen LogP contribution in [0.25, 0.3) is 0 Å². The Morgan fingerprint density at radius 1 is 1.25 bits per heavy atom. The average Bonchev–Trinajstić information content (AvgIpc) is 2.62. The summed E-state index contributed by atoms with van der Waals surface area (Å²) in [5.74, 6) is 0.668. The number of fused-ring (bicyclic) bond motifs is 1. The first-order valence-corrected chi connectivity index (χ1v) is 7.93. The van der Waals surface area contributed by atoms with E-state index in [0.717, 1.165) is 17.0 Å². The maximum absolute atomic E-state index is 12.3. The maximum Gasteiger partial charge on any atom is 0.255 e. The minimum Gasteiger partial charge on any atom is -0.494 e. The molecule has 0 saturated carbocycles. The topological polar surface area (TPSA) is 65.4 Å². The Balaban J connectivity index is 1.80. The Hall–Kier alpha value is -3.00. The number of nitrogens with one attached hydrogen (secondary N) is 1.